The van der Waals surface area contributed by atoms with E-state index < -0.39 is 0 Å². The lowest BCUT2D eigenvalue weighted by Crippen LogP contribution is -2.10. The summed E-state index contributed by atoms with van der Waals surface area (Å²) in [6, 6.07) is 15.6. The third-order valence-corrected chi connectivity index (χ3v) is 5.07. The van der Waals surface area contributed by atoms with Gasteiger partial charge < -0.3 is 5.73 Å². The van der Waals surface area contributed by atoms with E-state index in [1.165, 1.54) is 59.9 Å². The molecule has 20 heavy (non-hydrogen) atoms. The van der Waals surface area contributed by atoms with E-state index in [-0.39, 0.29) is 6.04 Å². The molecule has 1 heteroatoms. The first-order valence-corrected chi connectivity index (χ1v) is 7.83. The second-order valence-electron chi connectivity index (χ2n) is 6.25. The van der Waals surface area contributed by atoms with Crippen molar-refractivity contribution in [3.63, 3.8) is 0 Å². The molecule has 0 aliphatic heterocycles. The third kappa shape index (κ3) is 1.81. The van der Waals surface area contributed by atoms with E-state index in [9.17, 15) is 0 Å². The minimum absolute atomic E-state index is 0.0599. The van der Waals surface area contributed by atoms with Gasteiger partial charge in [0.15, 0.2) is 0 Å². The zero-order valence-electron chi connectivity index (χ0n) is 11.8. The SMILES string of the molecule is NC1c2ccccc2-c2ccc(C3CCCCC3)cc21. The minimum atomic E-state index is 0.0599. The van der Waals surface area contributed by atoms with Crippen LogP contribution in [0, 0.1) is 0 Å². The van der Waals surface area contributed by atoms with Gasteiger partial charge in [-0.2, -0.15) is 0 Å². The van der Waals surface area contributed by atoms with Gasteiger partial charge in [0.25, 0.3) is 0 Å². The molecule has 102 valence electrons. The van der Waals surface area contributed by atoms with Crippen molar-refractivity contribution in [2.24, 2.45) is 5.73 Å². The van der Waals surface area contributed by atoms with Crippen molar-refractivity contribution in [1.82, 2.24) is 0 Å². The molecule has 2 N–H and O–H groups in total. The number of hydrogen-bond acceptors (Lipinski definition) is 1. The Morgan fingerprint density at radius 1 is 0.800 bits per heavy atom. The fourth-order valence-corrected chi connectivity index (χ4v) is 3.95. The molecule has 0 radical (unpaired) electrons. The molecule has 0 heterocycles. The fourth-order valence-electron chi connectivity index (χ4n) is 3.95. The average Bonchev–Trinajstić information content (AvgIpc) is 2.81. The summed E-state index contributed by atoms with van der Waals surface area (Å²) in [7, 11) is 0. The van der Waals surface area contributed by atoms with Gasteiger partial charge in [-0.15, -0.1) is 0 Å². The van der Waals surface area contributed by atoms with Gasteiger partial charge >= 0.3 is 0 Å². The number of benzene rings is 2. The Balaban J connectivity index is 1.76. The van der Waals surface area contributed by atoms with Crippen LogP contribution in [-0.4, -0.2) is 0 Å². The Morgan fingerprint density at radius 3 is 2.40 bits per heavy atom. The van der Waals surface area contributed by atoms with E-state index in [0.29, 0.717) is 0 Å². The molecule has 1 fully saturated rings. The summed E-state index contributed by atoms with van der Waals surface area (Å²) in [5.41, 5.74) is 13.2. The first-order chi connectivity index (χ1) is 9.84. The molecule has 0 amide bonds. The van der Waals surface area contributed by atoms with E-state index in [2.05, 4.69) is 42.5 Å². The number of fused-ring (bicyclic) bond motifs is 3. The molecule has 2 aliphatic rings. The molecule has 0 saturated heterocycles. The highest BCUT2D eigenvalue weighted by molar-refractivity contribution is 5.78. The van der Waals surface area contributed by atoms with Crippen LogP contribution in [0.1, 0.15) is 60.8 Å². The summed E-state index contributed by atoms with van der Waals surface area (Å²) in [5.74, 6) is 0.755. The van der Waals surface area contributed by atoms with Gasteiger partial charge in [-0.25, -0.2) is 0 Å². The van der Waals surface area contributed by atoms with Crippen LogP contribution in [0.5, 0.6) is 0 Å². The molecular weight excluding hydrogens is 242 g/mol. The van der Waals surface area contributed by atoms with Gasteiger partial charge in [0, 0.05) is 0 Å². The maximum absolute atomic E-state index is 6.46. The van der Waals surface area contributed by atoms with Crippen molar-refractivity contribution >= 4 is 0 Å². The van der Waals surface area contributed by atoms with E-state index in [4.69, 9.17) is 5.73 Å². The van der Waals surface area contributed by atoms with E-state index in [1.54, 1.807) is 0 Å². The monoisotopic (exact) mass is 263 g/mol. The largest absolute Gasteiger partial charge is 0.320 e. The third-order valence-electron chi connectivity index (χ3n) is 5.07. The molecule has 2 aliphatic carbocycles. The van der Waals surface area contributed by atoms with Gasteiger partial charge in [-0.05, 0) is 46.6 Å². The summed E-state index contributed by atoms with van der Waals surface area (Å²) in [4.78, 5) is 0. The normalized spacial score (nSPS) is 21.6. The molecule has 2 aromatic carbocycles. The van der Waals surface area contributed by atoms with Gasteiger partial charge in [-0.1, -0.05) is 61.7 Å². The first-order valence-electron chi connectivity index (χ1n) is 7.83. The molecular formula is C19H21N. The summed E-state index contributed by atoms with van der Waals surface area (Å²) in [6.07, 6.45) is 6.87. The van der Waals surface area contributed by atoms with Gasteiger partial charge in [0.05, 0.1) is 6.04 Å². The highest BCUT2D eigenvalue weighted by Gasteiger charge is 2.26. The first kappa shape index (κ1) is 12.2. The Hall–Kier alpha value is -1.60. The summed E-state index contributed by atoms with van der Waals surface area (Å²) in [5, 5.41) is 0. The second-order valence-corrected chi connectivity index (χ2v) is 6.25. The van der Waals surface area contributed by atoms with Crippen molar-refractivity contribution in [2.75, 3.05) is 0 Å². The molecule has 2 aromatic rings. The Labute approximate surface area is 120 Å². The number of hydrogen-bond donors (Lipinski definition) is 1. The standard InChI is InChI=1S/C19H21N/c20-19-17-9-5-4-8-15(17)16-11-10-14(12-18(16)19)13-6-2-1-3-7-13/h4-5,8-13,19H,1-3,6-7,20H2. The molecule has 1 nitrogen and oxygen atoms in total. The fraction of sp³-hybridized carbons (Fsp3) is 0.368. The van der Waals surface area contributed by atoms with Crippen molar-refractivity contribution < 1.29 is 0 Å². The van der Waals surface area contributed by atoms with Crippen LogP contribution in [0.4, 0.5) is 0 Å². The Kier molecular flexibility index (Phi) is 2.89. The molecule has 0 bridgehead atoms. The lowest BCUT2D eigenvalue weighted by Gasteiger charge is -2.23. The highest BCUT2D eigenvalue weighted by atomic mass is 14.7. The quantitative estimate of drug-likeness (QED) is 0.788. The van der Waals surface area contributed by atoms with Crippen LogP contribution in [0.15, 0.2) is 42.5 Å². The Bertz CT molecular complexity index is 638. The molecule has 0 spiro atoms. The van der Waals surface area contributed by atoms with Gasteiger partial charge in [0.2, 0.25) is 0 Å². The van der Waals surface area contributed by atoms with E-state index in [1.807, 2.05) is 0 Å². The van der Waals surface area contributed by atoms with Crippen LogP contribution in [-0.2, 0) is 0 Å². The Morgan fingerprint density at radius 2 is 1.55 bits per heavy atom. The minimum Gasteiger partial charge on any atom is -0.320 e. The average molecular weight is 263 g/mol. The van der Waals surface area contributed by atoms with E-state index in [0.717, 1.165) is 5.92 Å². The smallest absolute Gasteiger partial charge is 0.0564 e. The second kappa shape index (κ2) is 4.75. The zero-order valence-corrected chi connectivity index (χ0v) is 11.8. The lowest BCUT2D eigenvalue weighted by molar-refractivity contribution is 0.443. The molecule has 1 atom stereocenters. The molecule has 4 rings (SSSR count). The van der Waals surface area contributed by atoms with E-state index >= 15 is 0 Å². The molecule has 0 aromatic heterocycles. The summed E-state index contributed by atoms with van der Waals surface area (Å²) in [6.45, 7) is 0. The van der Waals surface area contributed by atoms with Crippen LogP contribution >= 0.6 is 0 Å². The van der Waals surface area contributed by atoms with Crippen LogP contribution in [0.2, 0.25) is 0 Å². The predicted molar refractivity (Wildman–Crippen MR) is 83.7 cm³/mol. The number of rotatable bonds is 1. The summed E-state index contributed by atoms with van der Waals surface area (Å²) < 4.78 is 0. The van der Waals surface area contributed by atoms with Crippen molar-refractivity contribution in [1.29, 1.82) is 0 Å². The van der Waals surface area contributed by atoms with Crippen molar-refractivity contribution in [3.05, 3.63) is 59.2 Å². The topological polar surface area (TPSA) is 26.0 Å². The zero-order chi connectivity index (χ0) is 13.5. The maximum atomic E-state index is 6.46. The van der Waals surface area contributed by atoms with Gasteiger partial charge in [0.1, 0.15) is 0 Å². The van der Waals surface area contributed by atoms with Crippen LogP contribution in [0.25, 0.3) is 11.1 Å². The van der Waals surface area contributed by atoms with Crippen LogP contribution in [0.3, 0.4) is 0 Å². The number of nitrogens with two attached hydrogens (primary N) is 1. The van der Waals surface area contributed by atoms with Crippen LogP contribution < -0.4 is 5.73 Å². The lowest BCUT2D eigenvalue weighted by atomic mass is 9.83. The van der Waals surface area contributed by atoms with Crippen molar-refractivity contribution in [3.8, 4) is 11.1 Å². The summed E-state index contributed by atoms with van der Waals surface area (Å²) >= 11 is 0. The highest BCUT2D eigenvalue weighted by Crippen LogP contribution is 2.44. The molecule has 1 unspecified atom stereocenters. The maximum Gasteiger partial charge on any atom is 0.0564 e. The molecule has 1 saturated carbocycles. The van der Waals surface area contributed by atoms with Crippen molar-refractivity contribution in [2.45, 2.75) is 44.1 Å². The van der Waals surface area contributed by atoms with Gasteiger partial charge in [-0.3, -0.25) is 0 Å². The predicted octanol–water partition coefficient (Wildman–Crippen LogP) is 4.76.